The minimum Gasteiger partial charge on any atom is -0.480 e. The van der Waals surface area contributed by atoms with Crippen LogP contribution in [0.5, 0.6) is 5.75 Å². The highest BCUT2D eigenvalue weighted by molar-refractivity contribution is 5.81. The third-order valence-corrected chi connectivity index (χ3v) is 5.18. The predicted molar refractivity (Wildman–Crippen MR) is 106 cm³/mol. The Morgan fingerprint density at radius 1 is 1.00 bits per heavy atom. The van der Waals surface area contributed by atoms with Crippen molar-refractivity contribution in [3.05, 3.63) is 59.7 Å². The van der Waals surface area contributed by atoms with Gasteiger partial charge in [-0.05, 0) is 49.6 Å². The largest absolute Gasteiger partial charge is 0.480 e. The Balaban J connectivity index is 1.62. The molecule has 0 bridgehead atoms. The summed E-state index contributed by atoms with van der Waals surface area (Å²) in [5.74, 6) is 0.911. The molecule has 1 fully saturated rings. The molecule has 0 aliphatic carbocycles. The van der Waals surface area contributed by atoms with Gasteiger partial charge < -0.3 is 14.5 Å². The molecule has 26 heavy (non-hydrogen) atoms. The van der Waals surface area contributed by atoms with Gasteiger partial charge in [0.25, 0.3) is 5.91 Å². The monoisotopic (exact) mass is 352 g/mol. The first-order valence-electron chi connectivity index (χ1n) is 9.41. The van der Waals surface area contributed by atoms with Crippen LogP contribution in [0.3, 0.4) is 0 Å². The van der Waals surface area contributed by atoms with E-state index in [2.05, 4.69) is 42.2 Å². The lowest BCUT2D eigenvalue weighted by atomic mass is 10.1. The van der Waals surface area contributed by atoms with Crippen LogP contribution in [0.1, 0.15) is 24.5 Å². The van der Waals surface area contributed by atoms with Crippen LogP contribution in [0.2, 0.25) is 0 Å². The molecule has 0 saturated carbocycles. The number of para-hydroxylation sites is 1. The van der Waals surface area contributed by atoms with E-state index >= 15 is 0 Å². The highest BCUT2D eigenvalue weighted by Gasteiger charge is 2.28. The third-order valence-electron chi connectivity index (χ3n) is 5.18. The Kier molecular flexibility index (Phi) is 5.82. The van der Waals surface area contributed by atoms with Gasteiger partial charge in [0.1, 0.15) is 5.75 Å². The van der Waals surface area contributed by atoms with Crippen molar-refractivity contribution in [1.29, 1.82) is 0 Å². The normalized spacial score (nSPS) is 15.7. The molecule has 1 amide bonds. The van der Waals surface area contributed by atoms with Crippen molar-refractivity contribution in [1.82, 2.24) is 4.90 Å². The van der Waals surface area contributed by atoms with Gasteiger partial charge in [0.2, 0.25) is 0 Å². The summed E-state index contributed by atoms with van der Waals surface area (Å²) in [6.07, 6.45) is 0.254. The van der Waals surface area contributed by atoms with Crippen LogP contribution in [0.15, 0.2) is 48.5 Å². The van der Waals surface area contributed by atoms with E-state index in [-0.39, 0.29) is 5.91 Å². The van der Waals surface area contributed by atoms with Crippen molar-refractivity contribution in [3.63, 3.8) is 0 Å². The lowest BCUT2D eigenvalue weighted by molar-refractivity contribution is -0.139. The van der Waals surface area contributed by atoms with E-state index in [9.17, 15) is 4.79 Å². The first kappa shape index (κ1) is 18.3. The number of hydrogen-bond donors (Lipinski definition) is 0. The van der Waals surface area contributed by atoms with Crippen molar-refractivity contribution in [2.75, 3.05) is 31.1 Å². The van der Waals surface area contributed by atoms with Crippen molar-refractivity contribution in [3.8, 4) is 5.75 Å². The lowest BCUT2D eigenvalue weighted by Gasteiger charge is -2.37. The predicted octanol–water partition coefficient (Wildman–Crippen LogP) is 3.81. The fourth-order valence-electron chi connectivity index (χ4n) is 3.34. The summed E-state index contributed by atoms with van der Waals surface area (Å²) in [6, 6.07) is 16.4. The van der Waals surface area contributed by atoms with E-state index in [4.69, 9.17) is 4.74 Å². The molecule has 1 aliphatic rings. The van der Waals surface area contributed by atoms with Crippen molar-refractivity contribution >= 4 is 11.6 Å². The number of rotatable bonds is 5. The van der Waals surface area contributed by atoms with E-state index < -0.39 is 6.10 Å². The van der Waals surface area contributed by atoms with E-state index in [1.165, 1.54) is 11.3 Å². The SMILES string of the molecule is CC[C@@H](Oc1cccc(C)c1C)C(=O)N1CCN(c2ccccc2)CC1. The zero-order chi connectivity index (χ0) is 18.5. The van der Waals surface area contributed by atoms with Crippen LogP contribution in [0.4, 0.5) is 5.69 Å². The maximum absolute atomic E-state index is 13.0. The second kappa shape index (κ2) is 8.26. The highest BCUT2D eigenvalue weighted by atomic mass is 16.5. The molecular weight excluding hydrogens is 324 g/mol. The molecule has 0 spiro atoms. The molecule has 0 unspecified atom stereocenters. The summed E-state index contributed by atoms with van der Waals surface area (Å²) in [6.45, 7) is 9.30. The molecule has 2 aromatic carbocycles. The van der Waals surface area contributed by atoms with Crippen molar-refractivity contribution in [2.45, 2.75) is 33.3 Å². The summed E-state index contributed by atoms with van der Waals surface area (Å²) >= 11 is 0. The molecule has 1 heterocycles. The summed E-state index contributed by atoms with van der Waals surface area (Å²) in [7, 11) is 0. The van der Waals surface area contributed by atoms with Gasteiger partial charge in [0.05, 0.1) is 0 Å². The number of ether oxygens (including phenoxy) is 1. The molecule has 0 aromatic heterocycles. The molecule has 138 valence electrons. The Labute approximate surface area is 156 Å². The van der Waals surface area contributed by atoms with Crippen LogP contribution in [-0.4, -0.2) is 43.1 Å². The lowest BCUT2D eigenvalue weighted by Crippen LogP contribution is -2.52. The summed E-state index contributed by atoms with van der Waals surface area (Å²) in [4.78, 5) is 17.2. The number of carbonyl (C=O) groups excluding carboxylic acids is 1. The summed E-state index contributed by atoms with van der Waals surface area (Å²) in [5.41, 5.74) is 3.51. The molecule has 3 rings (SSSR count). The van der Waals surface area contributed by atoms with E-state index in [1.54, 1.807) is 0 Å². The quantitative estimate of drug-likeness (QED) is 0.820. The second-order valence-electron chi connectivity index (χ2n) is 6.86. The highest BCUT2D eigenvalue weighted by Crippen LogP contribution is 2.23. The molecule has 1 aliphatic heterocycles. The molecule has 4 nitrogen and oxygen atoms in total. The van der Waals surface area contributed by atoms with E-state index in [0.29, 0.717) is 6.42 Å². The van der Waals surface area contributed by atoms with Gasteiger partial charge in [0, 0.05) is 31.9 Å². The molecule has 1 saturated heterocycles. The van der Waals surface area contributed by atoms with Crippen LogP contribution in [-0.2, 0) is 4.79 Å². The minimum atomic E-state index is -0.418. The number of anilines is 1. The van der Waals surface area contributed by atoms with Gasteiger partial charge in [-0.2, -0.15) is 0 Å². The molecule has 0 radical (unpaired) electrons. The average molecular weight is 352 g/mol. The number of benzene rings is 2. The first-order chi connectivity index (χ1) is 12.6. The number of carbonyl (C=O) groups is 1. The Bertz CT molecular complexity index is 737. The number of amides is 1. The van der Waals surface area contributed by atoms with Crippen molar-refractivity contribution < 1.29 is 9.53 Å². The maximum Gasteiger partial charge on any atom is 0.263 e. The van der Waals surface area contributed by atoms with Gasteiger partial charge in [-0.1, -0.05) is 37.3 Å². The zero-order valence-electron chi connectivity index (χ0n) is 15.9. The molecule has 2 aromatic rings. The topological polar surface area (TPSA) is 32.8 Å². The van der Waals surface area contributed by atoms with E-state index in [0.717, 1.165) is 37.5 Å². The fourth-order valence-corrected chi connectivity index (χ4v) is 3.34. The molecular formula is C22H28N2O2. The Morgan fingerprint density at radius 3 is 2.35 bits per heavy atom. The smallest absolute Gasteiger partial charge is 0.263 e. The standard InChI is InChI=1S/C22H28N2O2/c1-4-20(26-21-12-8-9-17(2)18(21)3)22(25)24-15-13-23(14-16-24)19-10-6-5-7-11-19/h5-12,20H,4,13-16H2,1-3H3/t20-/m1/s1. The Hall–Kier alpha value is -2.49. The van der Waals surface area contributed by atoms with Gasteiger partial charge in [0.15, 0.2) is 6.10 Å². The minimum absolute atomic E-state index is 0.0983. The van der Waals surface area contributed by atoms with Crippen LogP contribution in [0.25, 0.3) is 0 Å². The number of hydrogen-bond acceptors (Lipinski definition) is 3. The fraction of sp³-hybridized carbons (Fsp3) is 0.409. The van der Waals surface area contributed by atoms with Gasteiger partial charge in [-0.3, -0.25) is 4.79 Å². The molecule has 0 N–H and O–H groups in total. The van der Waals surface area contributed by atoms with Crippen molar-refractivity contribution in [2.24, 2.45) is 0 Å². The Morgan fingerprint density at radius 2 is 1.69 bits per heavy atom. The zero-order valence-corrected chi connectivity index (χ0v) is 15.9. The third kappa shape index (κ3) is 4.01. The van der Waals surface area contributed by atoms with E-state index in [1.807, 2.05) is 36.9 Å². The average Bonchev–Trinajstić information content (AvgIpc) is 2.69. The maximum atomic E-state index is 13.0. The van der Waals surface area contributed by atoms with Crippen LogP contribution >= 0.6 is 0 Å². The second-order valence-corrected chi connectivity index (χ2v) is 6.86. The first-order valence-corrected chi connectivity index (χ1v) is 9.41. The summed E-state index contributed by atoms with van der Waals surface area (Å²) in [5, 5.41) is 0. The number of aryl methyl sites for hydroxylation is 1. The van der Waals surface area contributed by atoms with Gasteiger partial charge >= 0.3 is 0 Å². The van der Waals surface area contributed by atoms with Gasteiger partial charge in [-0.15, -0.1) is 0 Å². The van der Waals surface area contributed by atoms with Gasteiger partial charge in [-0.25, -0.2) is 0 Å². The molecule has 1 atom stereocenters. The van der Waals surface area contributed by atoms with Crippen LogP contribution in [0, 0.1) is 13.8 Å². The molecule has 4 heteroatoms. The van der Waals surface area contributed by atoms with Crippen LogP contribution < -0.4 is 9.64 Å². The number of nitrogens with zero attached hydrogens (tertiary/aromatic N) is 2. The summed E-state index contributed by atoms with van der Waals surface area (Å²) < 4.78 is 6.10. The number of piperazine rings is 1.